The van der Waals surface area contributed by atoms with E-state index in [0.717, 1.165) is 0 Å². The Morgan fingerprint density at radius 1 is 1.28 bits per heavy atom. The van der Waals surface area contributed by atoms with Crippen LogP contribution in [0.1, 0.15) is 16.9 Å². The topological polar surface area (TPSA) is 110 Å². The number of para-hydroxylation sites is 2. The fourth-order valence-corrected chi connectivity index (χ4v) is 4.29. The number of hydrogen-bond acceptors (Lipinski definition) is 7. The van der Waals surface area contributed by atoms with Crippen molar-refractivity contribution in [3.8, 4) is 5.75 Å². The second-order valence-electron chi connectivity index (χ2n) is 5.69. The summed E-state index contributed by atoms with van der Waals surface area (Å²) in [5, 5.41) is 5.78. The van der Waals surface area contributed by atoms with E-state index < -0.39 is 15.7 Å². The van der Waals surface area contributed by atoms with Crippen LogP contribution in [-0.4, -0.2) is 49.0 Å². The highest BCUT2D eigenvalue weighted by atomic mass is 32.2. The van der Waals surface area contributed by atoms with Gasteiger partial charge in [0.1, 0.15) is 23.6 Å². The van der Waals surface area contributed by atoms with Gasteiger partial charge in [0.05, 0.1) is 24.3 Å². The minimum atomic E-state index is -2.99. The average Bonchev–Trinajstić information content (AvgIpc) is 2.94. The summed E-state index contributed by atoms with van der Waals surface area (Å²) in [4.78, 5) is 20.4. The number of carbonyl (C=O) groups is 1. The van der Waals surface area contributed by atoms with E-state index in [-0.39, 0.29) is 23.2 Å². The average molecular weight is 362 g/mol. The SMILES string of the molecule is COc1ccccc1NC(=O)c1cc(NC2CCS(=O)(=O)C2)ncn1. The van der Waals surface area contributed by atoms with E-state index in [2.05, 4.69) is 20.6 Å². The molecule has 8 nitrogen and oxygen atoms in total. The van der Waals surface area contributed by atoms with Gasteiger partial charge in [-0.05, 0) is 18.6 Å². The summed E-state index contributed by atoms with van der Waals surface area (Å²) in [6, 6.07) is 8.34. The summed E-state index contributed by atoms with van der Waals surface area (Å²) in [6.45, 7) is 0. The quantitative estimate of drug-likeness (QED) is 0.826. The molecule has 1 unspecified atom stereocenters. The van der Waals surface area contributed by atoms with Crippen molar-refractivity contribution in [1.29, 1.82) is 0 Å². The fourth-order valence-electron chi connectivity index (χ4n) is 2.61. The van der Waals surface area contributed by atoms with E-state index >= 15 is 0 Å². The highest BCUT2D eigenvalue weighted by Crippen LogP contribution is 2.23. The van der Waals surface area contributed by atoms with Gasteiger partial charge in [0.25, 0.3) is 5.91 Å². The number of hydrogen-bond donors (Lipinski definition) is 2. The summed E-state index contributed by atoms with van der Waals surface area (Å²) in [5.74, 6) is 0.784. The van der Waals surface area contributed by atoms with E-state index in [1.54, 1.807) is 24.3 Å². The third-order valence-electron chi connectivity index (χ3n) is 3.84. The van der Waals surface area contributed by atoms with E-state index in [4.69, 9.17) is 4.74 Å². The maximum absolute atomic E-state index is 12.4. The molecule has 0 saturated carbocycles. The molecule has 0 spiro atoms. The zero-order chi connectivity index (χ0) is 17.9. The summed E-state index contributed by atoms with van der Waals surface area (Å²) >= 11 is 0. The van der Waals surface area contributed by atoms with Gasteiger partial charge >= 0.3 is 0 Å². The molecular weight excluding hydrogens is 344 g/mol. The molecule has 1 atom stereocenters. The van der Waals surface area contributed by atoms with Gasteiger partial charge in [-0.25, -0.2) is 18.4 Å². The highest BCUT2D eigenvalue weighted by Gasteiger charge is 2.28. The number of sulfone groups is 1. The number of amides is 1. The number of aromatic nitrogens is 2. The van der Waals surface area contributed by atoms with Gasteiger partial charge in [0.2, 0.25) is 0 Å². The molecule has 25 heavy (non-hydrogen) atoms. The Hall–Kier alpha value is -2.68. The molecule has 2 heterocycles. The number of carbonyl (C=O) groups excluding carboxylic acids is 1. The molecule has 2 aromatic rings. The molecule has 0 bridgehead atoms. The van der Waals surface area contributed by atoms with E-state index in [1.165, 1.54) is 19.5 Å². The summed E-state index contributed by atoms with van der Waals surface area (Å²) in [5.41, 5.74) is 0.703. The van der Waals surface area contributed by atoms with Crippen molar-refractivity contribution in [2.45, 2.75) is 12.5 Å². The number of methoxy groups -OCH3 is 1. The molecule has 1 fully saturated rings. The Balaban J connectivity index is 1.71. The zero-order valence-corrected chi connectivity index (χ0v) is 14.4. The molecule has 0 radical (unpaired) electrons. The Kier molecular flexibility index (Phi) is 4.84. The van der Waals surface area contributed by atoms with Gasteiger partial charge in [0.15, 0.2) is 9.84 Å². The molecule has 132 valence electrons. The van der Waals surface area contributed by atoms with Crippen molar-refractivity contribution in [1.82, 2.24) is 9.97 Å². The monoisotopic (exact) mass is 362 g/mol. The van der Waals surface area contributed by atoms with Gasteiger partial charge in [-0.1, -0.05) is 12.1 Å². The maximum Gasteiger partial charge on any atom is 0.274 e. The summed E-state index contributed by atoms with van der Waals surface area (Å²) in [6.07, 6.45) is 1.79. The first kappa shape index (κ1) is 17.2. The molecule has 3 rings (SSSR count). The number of benzene rings is 1. The standard InChI is InChI=1S/C16H18N4O4S/c1-24-14-5-3-2-4-12(14)20-16(21)13-8-15(18-10-17-13)19-11-6-7-25(22,23)9-11/h2-5,8,10-11H,6-7,9H2,1H3,(H,20,21)(H,17,18,19). The van der Waals surface area contributed by atoms with Gasteiger partial charge in [0, 0.05) is 12.1 Å². The molecule has 1 aliphatic heterocycles. The van der Waals surface area contributed by atoms with Crippen LogP contribution in [0.2, 0.25) is 0 Å². The number of ether oxygens (including phenoxy) is 1. The predicted molar refractivity (Wildman–Crippen MR) is 93.7 cm³/mol. The second-order valence-corrected chi connectivity index (χ2v) is 7.92. The van der Waals surface area contributed by atoms with E-state index in [0.29, 0.717) is 23.7 Å². The van der Waals surface area contributed by atoms with Crippen LogP contribution >= 0.6 is 0 Å². The van der Waals surface area contributed by atoms with Crippen molar-refractivity contribution in [3.63, 3.8) is 0 Å². The van der Waals surface area contributed by atoms with Crippen molar-refractivity contribution in [2.24, 2.45) is 0 Å². The summed E-state index contributed by atoms with van der Waals surface area (Å²) in [7, 11) is -1.47. The third-order valence-corrected chi connectivity index (χ3v) is 5.61. The Morgan fingerprint density at radius 3 is 2.80 bits per heavy atom. The Morgan fingerprint density at radius 2 is 2.08 bits per heavy atom. The van der Waals surface area contributed by atoms with Crippen LogP contribution in [0.25, 0.3) is 0 Å². The minimum Gasteiger partial charge on any atom is -0.495 e. The Bertz CT molecular complexity index is 885. The second kappa shape index (κ2) is 7.06. The van der Waals surface area contributed by atoms with Gasteiger partial charge in [-0.2, -0.15) is 0 Å². The first-order chi connectivity index (χ1) is 12.0. The molecule has 9 heteroatoms. The first-order valence-corrected chi connectivity index (χ1v) is 9.52. The van der Waals surface area contributed by atoms with Crippen LogP contribution in [-0.2, 0) is 9.84 Å². The predicted octanol–water partition coefficient (Wildman–Crippen LogP) is 1.34. The molecule has 1 saturated heterocycles. The molecule has 1 aromatic heterocycles. The first-order valence-electron chi connectivity index (χ1n) is 7.70. The van der Waals surface area contributed by atoms with Crippen LogP contribution < -0.4 is 15.4 Å². The van der Waals surface area contributed by atoms with Gasteiger partial charge < -0.3 is 15.4 Å². The lowest BCUT2D eigenvalue weighted by Crippen LogP contribution is -2.22. The molecule has 0 aliphatic carbocycles. The van der Waals surface area contributed by atoms with Crippen molar-refractivity contribution in [2.75, 3.05) is 29.2 Å². The highest BCUT2D eigenvalue weighted by molar-refractivity contribution is 7.91. The lowest BCUT2D eigenvalue weighted by atomic mass is 10.2. The lowest BCUT2D eigenvalue weighted by molar-refractivity contribution is 0.102. The van der Waals surface area contributed by atoms with Gasteiger partial charge in [-0.3, -0.25) is 4.79 Å². The van der Waals surface area contributed by atoms with E-state index in [1.807, 2.05) is 0 Å². The number of nitrogens with zero attached hydrogens (tertiary/aromatic N) is 2. The van der Waals surface area contributed by atoms with Crippen LogP contribution in [0, 0.1) is 0 Å². The molecule has 1 amide bonds. The molecule has 1 aromatic carbocycles. The number of nitrogens with one attached hydrogen (secondary N) is 2. The third kappa shape index (κ3) is 4.24. The normalized spacial score (nSPS) is 18.5. The Labute approximate surface area is 145 Å². The molecule has 1 aliphatic rings. The minimum absolute atomic E-state index is 0.0692. The van der Waals surface area contributed by atoms with Gasteiger partial charge in [-0.15, -0.1) is 0 Å². The molecule has 2 N–H and O–H groups in total. The van der Waals surface area contributed by atoms with Crippen LogP contribution in [0.4, 0.5) is 11.5 Å². The van der Waals surface area contributed by atoms with E-state index in [9.17, 15) is 13.2 Å². The van der Waals surface area contributed by atoms with Crippen LogP contribution in [0.15, 0.2) is 36.7 Å². The van der Waals surface area contributed by atoms with Crippen molar-refractivity contribution in [3.05, 3.63) is 42.4 Å². The lowest BCUT2D eigenvalue weighted by Gasteiger charge is -2.12. The van der Waals surface area contributed by atoms with Crippen molar-refractivity contribution < 1.29 is 17.9 Å². The number of rotatable bonds is 5. The van der Waals surface area contributed by atoms with Crippen LogP contribution in [0.3, 0.4) is 0 Å². The maximum atomic E-state index is 12.4. The van der Waals surface area contributed by atoms with Crippen LogP contribution in [0.5, 0.6) is 5.75 Å². The van der Waals surface area contributed by atoms with Crippen molar-refractivity contribution >= 4 is 27.2 Å². The zero-order valence-electron chi connectivity index (χ0n) is 13.6. The number of anilines is 2. The largest absolute Gasteiger partial charge is 0.495 e. The summed E-state index contributed by atoms with van der Waals surface area (Å²) < 4.78 is 28.2. The fraction of sp³-hybridized carbons (Fsp3) is 0.312. The molecular formula is C16H18N4O4S. The smallest absolute Gasteiger partial charge is 0.274 e.